The average molecular weight is 275 g/mol. The van der Waals surface area contributed by atoms with Crippen molar-refractivity contribution in [2.75, 3.05) is 23.8 Å². The molecular weight excluding hydrogens is 262 g/mol. The van der Waals surface area contributed by atoms with Crippen molar-refractivity contribution in [3.8, 4) is 5.75 Å². The molecule has 1 fully saturated rings. The number of aromatic nitrogens is 3. The molecule has 3 N–H and O–H groups in total. The number of benzene rings is 1. The van der Waals surface area contributed by atoms with Crippen molar-refractivity contribution in [3.05, 3.63) is 30.5 Å². The van der Waals surface area contributed by atoms with Crippen LogP contribution >= 0.6 is 0 Å². The van der Waals surface area contributed by atoms with E-state index in [0.717, 1.165) is 5.75 Å². The van der Waals surface area contributed by atoms with Gasteiger partial charge in [-0.3, -0.25) is 5.32 Å². The lowest BCUT2D eigenvalue weighted by atomic mass is 10.3. The van der Waals surface area contributed by atoms with Gasteiger partial charge in [0.1, 0.15) is 11.9 Å². The number of carbonyl (C=O) groups excluding carboxylic acids is 1. The highest BCUT2D eigenvalue weighted by molar-refractivity contribution is 5.98. The Hall–Kier alpha value is -2.61. The molecule has 3 rings (SSSR count). The quantitative estimate of drug-likeness (QED) is 0.779. The summed E-state index contributed by atoms with van der Waals surface area (Å²) in [5.41, 5.74) is 0.656. The van der Waals surface area contributed by atoms with Gasteiger partial charge in [-0.25, -0.2) is 4.79 Å². The lowest BCUT2D eigenvalue weighted by Crippen LogP contribution is -2.38. The number of hydrogen-bond donors (Lipinski definition) is 3. The Kier molecular flexibility index (Phi) is 3.46. The molecule has 20 heavy (non-hydrogen) atoms. The highest BCUT2D eigenvalue weighted by Gasteiger charge is 2.19. The molecule has 0 spiro atoms. The van der Waals surface area contributed by atoms with Crippen LogP contribution in [0.3, 0.4) is 0 Å². The third kappa shape index (κ3) is 3.04. The van der Waals surface area contributed by atoms with Crippen molar-refractivity contribution in [2.24, 2.45) is 0 Å². The summed E-state index contributed by atoms with van der Waals surface area (Å²) in [5, 5.41) is 14.9. The van der Waals surface area contributed by atoms with E-state index in [2.05, 4.69) is 26.0 Å². The molecule has 2 aromatic rings. The van der Waals surface area contributed by atoms with Crippen molar-refractivity contribution in [3.63, 3.8) is 0 Å². The first-order chi connectivity index (χ1) is 9.79. The van der Waals surface area contributed by atoms with Gasteiger partial charge in [0, 0.05) is 5.69 Å². The number of nitrogens with one attached hydrogen (secondary N) is 3. The van der Waals surface area contributed by atoms with E-state index in [1.807, 2.05) is 0 Å². The molecule has 0 radical (unpaired) electrons. The summed E-state index contributed by atoms with van der Waals surface area (Å²) in [7, 11) is 0. The smallest absolute Gasteiger partial charge is 0.324 e. The summed E-state index contributed by atoms with van der Waals surface area (Å²) in [4.78, 5) is 11.6. The van der Waals surface area contributed by atoms with Crippen molar-refractivity contribution < 1.29 is 14.3 Å². The molecule has 1 aromatic heterocycles. The number of rotatable bonds is 4. The van der Waals surface area contributed by atoms with Crippen LogP contribution in [0.1, 0.15) is 0 Å². The van der Waals surface area contributed by atoms with Crippen molar-refractivity contribution in [2.45, 2.75) is 6.10 Å². The topological polar surface area (TPSA) is 101 Å². The van der Waals surface area contributed by atoms with Gasteiger partial charge in [-0.05, 0) is 24.3 Å². The Labute approximate surface area is 114 Å². The molecule has 0 unspecified atom stereocenters. The number of hydrogen-bond acceptors (Lipinski definition) is 5. The maximum Gasteiger partial charge on any atom is 0.324 e. The van der Waals surface area contributed by atoms with Gasteiger partial charge in [0.05, 0.1) is 19.4 Å². The second-order valence-electron chi connectivity index (χ2n) is 4.24. The number of ether oxygens (including phenoxy) is 2. The summed E-state index contributed by atoms with van der Waals surface area (Å²) in [5.74, 6) is 1.10. The number of nitrogens with zero attached hydrogens (tertiary/aromatic N) is 2. The molecule has 8 nitrogen and oxygen atoms in total. The Morgan fingerprint density at radius 2 is 2.10 bits per heavy atom. The number of carbonyl (C=O) groups is 1. The first-order valence-electron chi connectivity index (χ1n) is 6.08. The summed E-state index contributed by atoms with van der Waals surface area (Å²) < 4.78 is 10.6. The van der Waals surface area contributed by atoms with E-state index in [1.54, 1.807) is 24.3 Å². The van der Waals surface area contributed by atoms with Gasteiger partial charge in [-0.1, -0.05) is 0 Å². The van der Waals surface area contributed by atoms with Gasteiger partial charge < -0.3 is 14.8 Å². The van der Waals surface area contributed by atoms with Crippen LogP contribution in [0.15, 0.2) is 30.5 Å². The number of H-pyrrole nitrogens is 1. The first kappa shape index (κ1) is 12.4. The van der Waals surface area contributed by atoms with Crippen molar-refractivity contribution >= 4 is 17.5 Å². The third-order valence-corrected chi connectivity index (χ3v) is 2.68. The number of urea groups is 1. The van der Waals surface area contributed by atoms with Crippen LogP contribution in [0.4, 0.5) is 16.3 Å². The Morgan fingerprint density at radius 1 is 1.30 bits per heavy atom. The fourth-order valence-corrected chi connectivity index (χ4v) is 1.63. The predicted octanol–water partition coefficient (Wildman–Crippen LogP) is 1.23. The summed E-state index contributed by atoms with van der Waals surface area (Å²) in [6, 6.07) is 6.72. The molecule has 1 aliphatic rings. The summed E-state index contributed by atoms with van der Waals surface area (Å²) in [6.07, 6.45) is 1.54. The van der Waals surface area contributed by atoms with E-state index >= 15 is 0 Å². The molecule has 2 heterocycles. The molecule has 0 bridgehead atoms. The largest absolute Gasteiger partial charge is 0.486 e. The van der Waals surface area contributed by atoms with Gasteiger partial charge in [-0.2, -0.15) is 10.3 Å². The number of aromatic amines is 1. The fourth-order valence-electron chi connectivity index (χ4n) is 1.63. The normalized spacial score (nSPS) is 14.4. The third-order valence-electron chi connectivity index (χ3n) is 2.68. The predicted molar refractivity (Wildman–Crippen MR) is 70.7 cm³/mol. The fraction of sp³-hybridized carbons (Fsp3) is 0.250. The molecule has 0 saturated carbocycles. The second kappa shape index (κ2) is 5.57. The van der Waals surface area contributed by atoms with E-state index in [-0.39, 0.29) is 12.1 Å². The van der Waals surface area contributed by atoms with Gasteiger partial charge in [0.15, 0.2) is 5.82 Å². The van der Waals surface area contributed by atoms with Gasteiger partial charge in [-0.15, -0.1) is 5.10 Å². The average Bonchev–Trinajstić information content (AvgIpc) is 2.88. The van der Waals surface area contributed by atoms with Gasteiger partial charge >= 0.3 is 6.03 Å². The van der Waals surface area contributed by atoms with Crippen LogP contribution in [0.5, 0.6) is 5.75 Å². The van der Waals surface area contributed by atoms with E-state index in [0.29, 0.717) is 24.7 Å². The zero-order chi connectivity index (χ0) is 13.8. The van der Waals surface area contributed by atoms with Crippen LogP contribution in [-0.2, 0) is 4.74 Å². The van der Waals surface area contributed by atoms with Crippen LogP contribution in [0.2, 0.25) is 0 Å². The van der Waals surface area contributed by atoms with Gasteiger partial charge in [0.2, 0.25) is 0 Å². The van der Waals surface area contributed by atoms with Crippen molar-refractivity contribution in [1.29, 1.82) is 0 Å². The van der Waals surface area contributed by atoms with Crippen LogP contribution in [0.25, 0.3) is 0 Å². The highest BCUT2D eigenvalue weighted by Crippen LogP contribution is 2.19. The van der Waals surface area contributed by atoms with Crippen LogP contribution in [-0.4, -0.2) is 40.8 Å². The maximum atomic E-state index is 11.6. The molecule has 0 atom stereocenters. The highest BCUT2D eigenvalue weighted by atomic mass is 16.6. The molecule has 2 amide bonds. The minimum Gasteiger partial charge on any atom is -0.486 e. The van der Waals surface area contributed by atoms with Crippen LogP contribution < -0.4 is 15.4 Å². The minimum absolute atomic E-state index is 0.129. The second-order valence-corrected chi connectivity index (χ2v) is 4.24. The van der Waals surface area contributed by atoms with Gasteiger partial charge in [0.25, 0.3) is 0 Å². The SMILES string of the molecule is O=C(Nc1ccc(OC2COC2)cc1)Nc1cn[nH]n1. The van der Waals surface area contributed by atoms with Crippen molar-refractivity contribution in [1.82, 2.24) is 15.4 Å². The molecule has 8 heteroatoms. The Morgan fingerprint density at radius 3 is 2.70 bits per heavy atom. The van der Waals surface area contributed by atoms with E-state index in [4.69, 9.17) is 9.47 Å². The summed E-state index contributed by atoms with van der Waals surface area (Å²) in [6.45, 7) is 1.25. The number of amides is 2. The summed E-state index contributed by atoms with van der Waals surface area (Å²) >= 11 is 0. The molecular formula is C12H13N5O3. The minimum atomic E-state index is -0.389. The lowest BCUT2D eigenvalue weighted by molar-refractivity contribution is -0.0796. The zero-order valence-corrected chi connectivity index (χ0v) is 10.5. The van der Waals surface area contributed by atoms with E-state index in [9.17, 15) is 4.79 Å². The maximum absolute atomic E-state index is 11.6. The Bertz CT molecular complexity index is 565. The first-order valence-corrected chi connectivity index (χ1v) is 6.08. The van der Waals surface area contributed by atoms with E-state index < -0.39 is 0 Å². The molecule has 1 aromatic carbocycles. The molecule has 0 aliphatic carbocycles. The Balaban J connectivity index is 1.53. The molecule has 104 valence electrons. The molecule has 1 aliphatic heterocycles. The zero-order valence-electron chi connectivity index (χ0n) is 10.5. The van der Waals surface area contributed by atoms with E-state index in [1.165, 1.54) is 6.20 Å². The monoisotopic (exact) mass is 275 g/mol. The standard InChI is InChI=1S/C12H13N5O3/c18-12(15-11-5-13-17-16-11)14-8-1-3-9(4-2-8)20-10-6-19-7-10/h1-5,10H,6-7H2,(H3,13,14,15,16,17,18). The lowest BCUT2D eigenvalue weighted by Gasteiger charge is -2.26. The van der Waals surface area contributed by atoms with Crippen LogP contribution in [0, 0.1) is 0 Å². The number of anilines is 2. The molecule has 1 saturated heterocycles.